The zero-order valence-corrected chi connectivity index (χ0v) is 14.7. The Morgan fingerprint density at radius 1 is 1.09 bits per heavy atom. The molecule has 0 atom stereocenters. The van der Waals surface area contributed by atoms with Crippen molar-refractivity contribution in [2.45, 2.75) is 27.2 Å². The molecule has 0 spiro atoms. The predicted octanol–water partition coefficient (Wildman–Crippen LogP) is 4.78. The van der Waals surface area contributed by atoms with Crippen molar-refractivity contribution < 1.29 is 9.53 Å². The maximum absolute atomic E-state index is 11.9. The quantitative estimate of drug-likeness (QED) is 0.831. The van der Waals surface area contributed by atoms with Gasteiger partial charge >= 0.3 is 0 Å². The third-order valence-electron chi connectivity index (χ3n) is 3.37. The molecule has 0 aromatic heterocycles. The average molecular weight is 362 g/mol. The van der Waals surface area contributed by atoms with Crippen LogP contribution in [-0.2, 0) is 4.79 Å². The number of carbonyl (C=O) groups excluding carboxylic acids is 1. The molecule has 4 heteroatoms. The molecule has 3 nitrogen and oxygen atoms in total. The maximum atomic E-state index is 11.9. The Balaban J connectivity index is 1.85. The number of nitrogens with one attached hydrogen (secondary N) is 1. The molecule has 0 aliphatic carbocycles. The van der Waals surface area contributed by atoms with E-state index in [9.17, 15) is 4.79 Å². The number of hydrogen-bond donors (Lipinski definition) is 1. The fourth-order valence-electron chi connectivity index (χ4n) is 2.06. The van der Waals surface area contributed by atoms with Gasteiger partial charge in [0.25, 0.3) is 0 Å². The summed E-state index contributed by atoms with van der Waals surface area (Å²) in [5, 5.41) is 2.88. The van der Waals surface area contributed by atoms with Crippen molar-refractivity contribution in [1.82, 2.24) is 0 Å². The van der Waals surface area contributed by atoms with Crippen molar-refractivity contribution in [3.8, 4) is 5.75 Å². The van der Waals surface area contributed by atoms with Gasteiger partial charge in [-0.3, -0.25) is 4.79 Å². The Hall–Kier alpha value is -1.81. The zero-order chi connectivity index (χ0) is 16.1. The summed E-state index contributed by atoms with van der Waals surface area (Å²) < 4.78 is 6.73. The van der Waals surface area contributed by atoms with Crippen LogP contribution in [0, 0.1) is 20.8 Å². The number of aryl methyl sites for hydroxylation is 3. The van der Waals surface area contributed by atoms with Gasteiger partial charge in [0.05, 0.1) is 13.0 Å². The lowest BCUT2D eigenvalue weighted by atomic mass is 10.1. The minimum absolute atomic E-state index is 0.0490. The highest BCUT2D eigenvalue weighted by molar-refractivity contribution is 9.10. The van der Waals surface area contributed by atoms with E-state index in [-0.39, 0.29) is 5.91 Å². The highest BCUT2D eigenvalue weighted by atomic mass is 79.9. The fraction of sp³-hybridized carbons (Fsp3) is 0.278. The van der Waals surface area contributed by atoms with Crippen molar-refractivity contribution in [2.75, 3.05) is 11.9 Å². The van der Waals surface area contributed by atoms with Gasteiger partial charge in [-0.15, -0.1) is 0 Å². The predicted molar refractivity (Wildman–Crippen MR) is 93.5 cm³/mol. The van der Waals surface area contributed by atoms with Gasteiger partial charge in [-0.05, 0) is 61.7 Å². The van der Waals surface area contributed by atoms with Crippen LogP contribution in [0.25, 0.3) is 0 Å². The smallest absolute Gasteiger partial charge is 0.227 e. The molecule has 116 valence electrons. The van der Waals surface area contributed by atoms with Crippen molar-refractivity contribution in [3.63, 3.8) is 0 Å². The lowest BCUT2D eigenvalue weighted by Gasteiger charge is -2.10. The van der Waals surface area contributed by atoms with E-state index in [1.54, 1.807) is 0 Å². The van der Waals surface area contributed by atoms with Crippen LogP contribution in [0.5, 0.6) is 5.75 Å². The Labute approximate surface area is 139 Å². The standard InChI is InChI=1S/C18H20BrNO2/c1-12-4-5-13(2)17(10-12)22-9-8-18(21)20-15-6-7-16(19)14(3)11-15/h4-7,10-11H,8-9H2,1-3H3,(H,20,21). The number of rotatable bonds is 5. The molecule has 0 heterocycles. The van der Waals surface area contributed by atoms with Gasteiger partial charge in [-0.25, -0.2) is 0 Å². The zero-order valence-electron chi connectivity index (χ0n) is 13.1. The summed E-state index contributed by atoms with van der Waals surface area (Å²) in [6.45, 7) is 6.38. The third kappa shape index (κ3) is 4.60. The van der Waals surface area contributed by atoms with Crippen LogP contribution >= 0.6 is 15.9 Å². The number of benzene rings is 2. The van der Waals surface area contributed by atoms with E-state index in [1.165, 1.54) is 0 Å². The van der Waals surface area contributed by atoms with Gasteiger partial charge in [-0.2, -0.15) is 0 Å². The Morgan fingerprint density at radius 3 is 2.59 bits per heavy atom. The van der Waals surface area contributed by atoms with Gasteiger partial charge in [0.1, 0.15) is 5.75 Å². The molecule has 1 N–H and O–H groups in total. The molecule has 2 aromatic carbocycles. The van der Waals surface area contributed by atoms with E-state index in [0.29, 0.717) is 13.0 Å². The molecule has 0 aliphatic rings. The number of carbonyl (C=O) groups is 1. The second kappa shape index (κ2) is 7.45. The van der Waals surface area contributed by atoms with E-state index in [2.05, 4.69) is 21.2 Å². The maximum Gasteiger partial charge on any atom is 0.227 e. The number of halogens is 1. The molecule has 2 rings (SSSR count). The van der Waals surface area contributed by atoms with Crippen LogP contribution in [0.15, 0.2) is 40.9 Å². The molecule has 0 saturated carbocycles. The van der Waals surface area contributed by atoms with E-state index < -0.39 is 0 Å². The SMILES string of the molecule is Cc1ccc(C)c(OCCC(=O)Nc2ccc(Br)c(C)c2)c1. The first-order chi connectivity index (χ1) is 10.5. The van der Waals surface area contributed by atoms with Crippen molar-refractivity contribution in [1.29, 1.82) is 0 Å². The van der Waals surface area contributed by atoms with E-state index in [0.717, 1.165) is 32.6 Å². The van der Waals surface area contributed by atoms with Gasteiger partial charge < -0.3 is 10.1 Å². The van der Waals surface area contributed by atoms with Crippen molar-refractivity contribution in [3.05, 3.63) is 57.6 Å². The van der Waals surface area contributed by atoms with Gasteiger partial charge in [0.2, 0.25) is 5.91 Å². The Kier molecular flexibility index (Phi) is 5.61. The normalized spacial score (nSPS) is 10.4. The summed E-state index contributed by atoms with van der Waals surface area (Å²) in [7, 11) is 0. The Morgan fingerprint density at radius 2 is 1.86 bits per heavy atom. The van der Waals surface area contributed by atoms with Crippen LogP contribution < -0.4 is 10.1 Å². The number of ether oxygens (including phenoxy) is 1. The van der Waals surface area contributed by atoms with Crippen LogP contribution in [-0.4, -0.2) is 12.5 Å². The number of hydrogen-bond acceptors (Lipinski definition) is 2. The second-order valence-electron chi connectivity index (χ2n) is 5.38. The summed E-state index contributed by atoms with van der Waals surface area (Å²) in [4.78, 5) is 11.9. The first-order valence-electron chi connectivity index (χ1n) is 7.22. The van der Waals surface area contributed by atoms with Gasteiger partial charge in [0.15, 0.2) is 0 Å². The fourth-order valence-corrected chi connectivity index (χ4v) is 2.31. The van der Waals surface area contributed by atoms with E-state index in [4.69, 9.17) is 4.74 Å². The van der Waals surface area contributed by atoms with Crippen LogP contribution in [0.2, 0.25) is 0 Å². The molecule has 0 unspecified atom stereocenters. The number of anilines is 1. The van der Waals surface area contributed by atoms with Crippen molar-refractivity contribution >= 4 is 27.5 Å². The summed E-state index contributed by atoms with van der Waals surface area (Å²) in [5.74, 6) is 0.791. The molecule has 0 fully saturated rings. The molecular formula is C18H20BrNO2. The molecule has 0 aliphatic heterocycles. The van der Waals surface area contributed by atoms with E-state index >= 15 is 0 Å². The van der Waals surface area contributed by atoms with E-state index in [1.807, 2.05) is 57.2 Å². The Bertz CT molecular complexity index is 683. The monoisotopic (exact) mass is 361 g/mol. The molecular weight excluding hydrogens is 342 g/mol. The second-order valence-corrected chi connectivity index (χ2v) is 6.23. The molecule has 22 heavy (non-hydrogen) atoms. The van der Waals surface area contributed by atoms with Gasteiger partial charge in [0, 0.05) is 10.2 Å². The highest BCUT2D eigenvalue weighted by Gasteiger charge is 2.05. The largest absolute Gasteiger partial charge is 0.493 e. The third-order valence-corrected chi connectivity index (χ3v) is 4.26. The van der Waals surface area contributed by atoms with Gasteiger partial charge in [-0.1, -0.05) is 28.1 Å². The summed E-state index contributed by atoms with van der Waals surface area (Å²) >= 11 is 3.44. The highest BCUT2D eigenvalue weighted by Crippen LogP contribution is 2.21. The topological polar surface area (TPSA) is 38.3 Å². The minimum atomic E-state index is -0.0490. The molecule has 0 radical (unpaired) electrons. The molecule has 1 amide bonds. The van der Waals surface area contributed by atoms with Crippen LogP contribution in [0.1, 0.15) is 23.1 Å². The van der Waals surface area contributed by atoms with Crippen LogP contribution in [0.3, 0.4) is 0 Å². The summed E-state index contributed by atoms with van der Waals surface area (Å²) in [5.41, 5.74) is 4.12. The first-order valence-corrected chi connectivity index (χ1v) is 8.01. The summed E-state index contributed by atoms with van der Waals surface area (Å²) in [6, 6.07) is 11.8. The summed E-state index contributed by atoms with van der Waals surface area (Å²) in [6.07, 6.45) is 0.322. The lowest BCUT2D eigenvalue weighted by Crippen LogP contribution is -2.15. The van der Waals surface area contributed by atoms with Crippen LogP contribution in [0.4, 0.5) is 5.69 Å². The molecule has 0 bridgehead atoms. The molecule has 0 saturated heterocycles. The lowest BCUT2D eigenvalue weighted by molar-refractivity contribution is -0.116. The first kappa shape index (κ1) is 16.6. The average Bonchev–Trinajstić information content (AvgIpc) is 2.46. The van der Waals surface area contributed by atoms with Crippen molar-refractivity contribution in [2.24, 2.45) is 0 Å². The molecule has 2 aromatic rings. The number of amides is 1. The minimum Gasteiger partial charge on any atom is -0.493 e.